The fourth-order valence-corrected chi connectivity index (χ4v) is 3.62. The Morgan fingerprint density at radius 3 is 2.76 bits per heavy atom. The van der Waals surface area contributed by atoms with Gasteiger partial charge in [0.25, 0.3) is 0 Å². The molecule has 2 aromatic rings. The maximum Gasteiger partial charge on any atom is 0.303 e. The minimum absolute atomic E-state index is 0.0159. The van der Waals surface area contributed by atoms with Crippen molar-refractivity contribution in [3.8, 4) is 11.3 Å². The maximum absolute atomic E-state index is 12.6. The Morgan fingerprint density at radius 2 is 2.08 bits per heavy atom. The van der Waals surface area contributed by atoms with Crippen molar-refractivity contribution in [2.24, 2.45) is 0 Å². The highest BCUT2D eigenvalue weighted by Gasteiger charge is 2.26. The molecule has 132 valence electrons. The van der Waals surface area contributed by atoms with Gasteiger partial charge in [0.1, 0.15) is 0 Å². The average molecular weight is 360 g/mol. The van der Waals surface area contributed by atoms with Crippen molar-refractivity contribution in [1.82, 2.24) is 4.98 Å². The molecule has 0 aliphatic carbocycles. The van der Waals surface area contributed by atoms with Crippen molar-refractivity contribution < 1.29 is 19.4 Å². The number of thiazole rings is 1. The Hall–Kier alpha value is -2.25. The monoisotopic (exact) mass is 360 g/mol. The number of hydrogen-bond acceptors (Lipinski definition) is 5. The Bertz CT molecular complexity index is 726. The van der Waals surface area contributed by atoms with Gasteiger partial charge in [0.05, 0.1) is 24.8 Å². The Morgan fingerprint density at radius 1 is 1.28 bits per heavy atom. The van der Waals surface area contributed by atoms with Crippen LogP contribution in [0.3, 0.4) is 0 Å². The van der Waals surface area contributed by atoms with Crippen LogP contribution in [0.5, 0.6) is 0 Å². The summed E-state index contributed by atoms with van der Waals surface area (Å²) in [6, 6.07) is 9.76. The van der Waals surface area contributed by atoms with E-state index in [1.165, 1.54) is 11.3 Å². The molecule has 1 aliphatic heterocycles. The summed E-state index contributed by atoms with van der Waals surface area (Å²) in [6.07, 6.45) is 1.65. The molecule has 0 radical (unpaired) electrons. The van der Waals surface area contributed by atoms with E-state index in [4.69, 9.17) is 9.84 Å². The number of anilines is 1. The molecular formula is C18H20N2O4S. The molecule has 1 aromatic carbocycles. The molecule has 2 heterocycles. The van der Waals surface area contributed by atoms with Crippen LogP contribution in [0.1, 0.15) is 25.7 Å². The maximum atomic E-state index is 12.6. The summed E-state index contributed by atoms with van der Waals surface area (Å²) in [5, 5.41) is 11.3. The number of rotatable bonds is 7. The second kappa shape index (κ2) is 8.22. The molecule has 1 saturated heterocycles. The number of amides is 1. The highest BCUT2D eigenvalue weighted by molar-refractivity contribution is 7.14. The summed E-state index contributed by atoms with van der Waals surface area (Å²) in [5.74, 6) is -1.21. The second-order valence-corrected chi connectivity index (χ2v) is 6.75. The largest absolute Gasteiger partial charge is 0.481 e. The van der Waals surface area contributed by atoms with Gasteiger partial charge in [0.15, 0.2) is 5.13 Å². The van der Waals surface area contributed by atoms with E-state index in [0.717, 1.165) is 24.1 Å². The number of benzene rings is 1. The van der Waals surface area contributed by atoms with Gasteiger partial charge in [-0.1, -0.05) is 30.3 Å². The third-order valence-corrected chi connectivity index (χ3v) is 4.92. The third-order valence-electron chi connectivity index (χ3n) is 4.06. The van der Waals surface area contributed by atoms with Crippen LogP contribution in [0.15, 0.2) is 35.7 Å². The minimum Gasteiger partial charge on any atom is -0.481 e. The molecule has 1 N–H and O–H groups in total. The molecular weight excluding hydrogens is 340 g/mol. The number of carbonyl (C=O) groups excluding carboxylic acids is 1. The molecule has 0 bridgehead atoms. The SMILES string of the molecule is O=C(O)CCC(=O)N(CC1CCCO1)c1nc(-c2ccccc2)cs1. The lowest BCUT2D eigenvalue weighted by molar-refractivity contribution is -0.138. The van der Waals surface area contributed by atoms with E-state index in [2.05, 4.69) is 4.98 Å². The first-order valence-corrected chi connectivity index (χ1v) is 9.16. The summed E-state index contributed by atoms with van der Waals surface area (Å²) in [5.41, 5.74) is 1.80. The number of carbonyl (C=O) groups is 2. The fraction of sp³-hybridized carbons (Fsp3) is 0.389. The highest BCUT2D eigenvalue weighted by atomic mass is 32.1. The first-order valence-electron chi connectivity index (χ1n) is 8.28. The minimum atomic E-state index is -0.977. The van der Waals surface area contributed by atoms with Crippen LogP contribution in [-0.2, 0) is 14.3 Å². The zero-order valence-electron chi connectivity index (χ0n) is 13.8. The van der Waals surface area contributed by atoms with E-state index in [-0.39, 0.29) is 24.9 Å². The van der Waals surface area contributed by atoms with Crippen molar-refractivity contribution in [2.45, 2.75) is 31.8 Å². The Balaban J connectivity index is 1.79. The molecule has 7 heteroatoms. The summed E-state index contributed by atoms with van der Waals surface area (Å²) < 4.78 is 5.64. The van der Waals surface area contributed by atoms with Gasteiger partial charge in [0, 0.05) is 24.0 Å². The predicted molar refractivity (Wildman–Crippen MR) is 95.7 cm³/mol. The molecule has 1 atom stereocenters. The zero-order chi connectivity index (χ0) is 17.6. The summed E-state index contributed by atoms with van der Waals surface area (Å²) >= 11 is 1.39. The van der Waals surface area contributed by atoms with Crippen LogP contribution in [0.25, 0.3) is 11.3 Å². The number of carboxylic acids is 1. The van der Waals surface area contributed by atoms with Crippen molar-refractivity contribution >= 4 is 28.3 Å². The first kappa shape index (κ1) is 17.6. The summed E-state index contributed by atoms with van der Waals surface area (Å²) in [7, 11) is 0. The van der Waals surface area contributed by atoms with Gasteiger partial charge < -0.3 is 9.84 Å². The molecule has 1 unspecified atom stereocenters. The van der Waals surface area contributed by atoms with Crippen LogP contribution in [0.2, 0.25) is 0 Å². The lowest BCUT2D eigenvalue weighted by atomic mass is 10.2. The molecule has 1 amide bonds. The number of aliphatic carboxylic acids is 1. The molecule has 6 nitrogen and oxygen atoms in total. The van der Waals surface area contributed by atoms with Crippen molar-refractivity contribution in [3.63, 3.8) is 0 Å². The number of nitrogens with zero attached hydrogens (tertiary/aromatic N) is 2. The number of ether oxygens (including phenoxy) is 1. The number of hydrogen-bond donors (Lipinski definition) is 1. The van der Waals surface area contributed by atoms with Crippen LogP contribution in [0, 0.1) is 0 Å². The molecule has 1 fully saturated rings. The fourth-order valence-electron chi connectivity index (χ4n) is 2.76. The van der Waals surface area contributed by atoms with Gasteiger partial charge in [-0.15, -0.1) is 11.3 Å². The number of carboxylic acid groups (broad SMARTS) is 1. The van der Waals surface area contributed by atoms with E-state index in [1.54, 1.807) is 4.90 Å². The standard InChI is InChI=1S/C18H20N2O4S/c21-16(8-9-17(22)23)20(11-14-7-4-10-24-14)18-19-15(12-25-18)13-5-2-1-3-6-13/h1-3,5-6,12,14H,4,7-11H2,(H,22,23). The molecule has 0 spiro atoms. The normalized spacial score (nSPS) is 16.7. The van der Waals surface area contributed by atoms with Crippen LogP contribution < -0.4 is 4.90 Å². The zero-order valence-corrected chi connectivity index (χ0v) is 14.6. The topological polar surface area (TPSA) is 79.7 Å². The van der Waals surface area contributed by atoms with E-state index < -0.39 is 5.97 Å². The lowest BCUT2D eigenvalue weighted by Crippen LogP contribution is -2.37. The first-order chi connectivity index (χ1) is 12.1. The van der Waals surface area contributed by atoms with E-state index in [0.29, 0.717) is 18.3 Å². The molecule has 3 rings (SSSR count). The third kappa shape index (κ3) is 4.64. The smallest absolute Gasteiger partial charge is 0.303 e. The number of aromatic nitrogens is 1. The van der Waals surface area contributed by atoms with Crippen molar-refractivity contribution in [1.29, 1.82) is 0 Å². The molecule has 25 heavy (non-hydrogen) atoms. The van der Waals surface area contributed by atoms with Gasteiger partial charge in [-0.25, -0.2) is 4.98 Å². The predicted octanol–water partition coefficient (Wildman–Crippen LogP) is 3.19. The van der Waals surface area contributed by atoms with E-state index in [1.807, 2.05) is 35.7 Å². The molecule has 1 aliphatic rings. The lowest BCUT2D eigenvalue weighted by Gasteiger charge is -2.22. The Kier molecular flexibility index (Phi) is 5.78. The van der Waals surface area contributed by atoms with E-state index >= 15 is 0 Å². The van der Waals surface area contributed by atoms with Crippen LogP contribution in [0.4, 0.5) is 5.13 Å². The quantitative estimate of drug-likeness (QED) is 0.820. The van der Waals surface area contributed by atoms with Gasteiger partial charge in [-0.2, -0.15) is 0 Å². The highest BCUT2D eigenvalue weighted by Crippen LogP contribution is 2.29. The molecule has 0 saturated carbocycles. The average Bonchev–Trinajstić information content (AvgIpc) is 3.30. The van der Waals surface area contributed by atoms with Gasteiger partial charge in [-0.3, -0.25) is 14.5 Å². The van der Waals surface area contributed by atoms with Gasteiger partial charge in [-0.05, 0) is 12.8 Å². The Labute approximate surface area is 150 Å². The molecule has 1 aromatic heterocycles. The van der Waals surface area contributed by atoms with Crippen LogP contribution in [-0.4, -0.2) is 41.2 Å². The van der Waals surface area contributed by atoms with Crippen LogP contribution >= 0.6 is 11.3 Å². The summed E-state index contributed by atoms with van der Waals surface area (Å²) in [4.78, 5) is 29.5. The van der Waals surface area contributed by atoms with E-state index in [9.17, 15) is 9.59 Å². The summed E-state index contributed by atoms with van der Waals surface area (Å²) in [6.45, 7) is 1.12. The second-order valence-electron chi connectivity index (χ2n) is 5.91. The van der Waals surface area contributed by atoms with Gasteiger partial charge in [0.2, 0.25) is 5.91 Å². The van der Waals surface area contributed by atoms with Gasteiger partial charge >= 0.3 is 5.97 Å². The van der Waals surface area contributed by atoms with Crippen molar-refractivity contribution in [2.75, 3.05) is 18.1 Å². The van der Waals surface area contributed by atoms with Crippen molar-refractivity contribution in [3.05, 3.63) is 35.7 Å².